The Morgan fingerprint density at radius 2 is 1.70 bits per heavy atom. The summed E-state index contributed by atoms with van der Waals surface area (Å²) in [7, 11) is 0. The van der Waals surface area contributed by atoms with E-state index in [1.807, 2.05) is 18.2 Å². The largest absolute Gasteiger partial charge is 0.573 e. The second-order valence-corrected chi connectivity index (χ2v) is 6.64. The molecule has 6 nitrogen and oxygen atoms in total. The molecule has 1 aromatic heterocycles. The molecule has 0 aliphatic carbocycles. The zero-order valence-corrected chi connectivity index (χ0v) is 15.1. The lowest BCUT2D eigenvalue weighted by atomic mass is 10.0. The average Bonchev–Trinajstić information content (AvgIpc) is 3.11. The molecule has 2 heterocycles. The molecule has 0 unspecified atom stereocenters. The Morgan fingerprint density at radius 3 is 2.53 bits per heavy atom. The molecule has 5 rings (SSSR count). The highest BCUT2D eigenvalue weighted by Crippen LogP contribution is 2.40. The lowest BCUT2D eigenvalue weighted by molar-refractivity contribution is -0.274. The molecule has 0 atom stereocenters. The highest BCUT2D eigenvalue weighted by molar-refractivity contribution is 6.08. The lowest BCUT2D eigenvalue weighted by Gasteiger charge is -2.12. The summed E-state index contributed by atoms with van der Waals surface area (Å²) in [5.41, 5.74) is 2.89. The first-order valence-corrected chi connectivity index (χ1v) is 8.82. The minimum absolute atomic E-state index is 0.0827. The van der Waals surface area contributed by atoms with Crippen LogP contribution in [0, 0.1) is 0 Å². The summed E-state index contributed by atoms with van der Waals surface area (Å²) in [6, 6.07) is 14.4. The van der Waals surface area contributed by atoms with Gasteiger partial charge in [0.1, 0.15) is 11.5 Å². The number of hydrogen-bond acceptors (Lipinski definition) is 4. The van der Waals surface area contributed by atoms with Gasteiger partial charge in [-0.3, -0.25) is 9.89 Å². The van der Waals surface area contributed by atoms with Crippen molar-refractivity contribution in [2.75, 3.05) is 5.32 Å². The molecule has 0 saturated heterocycles. The van der Waals surface area contributed by atoms with Crippen molar-refractivity contribution >= 4 is 22.5 Å². The zero-order valence-electron chi connectivity index (χ0n) is 15.1. The number of aromatic nitrogens is 2. The van der Waals surface area contributed by atoms with Crippen LogP contribution in [0.25, 0.3) is 22.0 Å². The standard InChI is InChI=1S/C21H12F3N3O3/c22-21(23,24)30-14-3-6-19-17(9-14)26-20(28)15-8-12(2-5-18(15)29-19)11-1-4-16-13(7-11)10-25-27-16/h1-10H,(H,25,27)(H,26,28). The number of halogens is 3. The number of amides is 1. The Hall–Kier alpha value is -4.01. The van der Waals surface area contributed by atoms with Crippen LogP contribution < -0.4 is 14.8 Å². The molecule has 0 saturated carbocycles. The summed E-state index contributed by atoms with van der Waals surface area (Å²) in [4.78, 5) is 12.8. The van der Waals surface area contributed by atoms with Crippen molar-refractivity contribution in [1.82, 2.24) is 10.2 Å². The van der Waals surface area contributed by atoms with Gasteiger partial charge in [-0.25, -0.2) is 0 Å². The second kappa shape index (κ2) is 6.51. The molecule has 1 aliphatic heterocycles. The minimum atomic E-state index is -4.84. The van der Waals surface area contributed by atoms with Gasteiger partial charge in [0.05, 0.1) is 23.0 Å². The van der Waals surface area contributed by atoms with E-state index < -0.39 is 18.0 Å². The maximum Gasteiger partial charge on any atom is 0.573 e. The molecule has 1 aliphatic rings. The minimum Gasteiger partial charge on any atom is -0.454 e. The van der Waals surface area contributed by atoms with E-state index in [1.165, 1.54) is 6.07 Å². The SMILES string of the molecule is O=C1Nc2cc(OC(F)(F)F)ccc2Oc2ccc(-c3ccc4[nH]ncc4c3)cc21. The van der Waals surface area contributed by atoms with Crippen molar-refractivity contribution < 1.29 is 27.4 Å². The molecule has 2 N–H and O–H groups in total. The number of fused-ring (bicyclic) bond motifs is 3. The van der Waals surface area contributed by atoms with Gasteiger partial charge < -0.3 is 14.8 Å². The van der Waals surface area contributed by atoms with Crippen molar-refractivity contribution in [3.05, 3.63) is 66.4 Å². The molecule has 30 heavy (non-hydrogen) atoms. The molecule has 9 heteroatoms. The fourth-order valence-corrected chi connectivity index (χ4v) is 3.30. The van der Waals surface area contributed by atoms with Crippen LogP contribution in [0.3, 0.4) is 0 Å². The average molecular weight is 411 g/mol. The van der Waals surface area contributed by atoms with Crippen LogP contribution in [0.4, 0.5) is 18.9 Å². The Kier molecular flexibility index (Phi) is 3.92. The van der Waals surface area contributed by atoms with E-state index in [2.05, 4.69) is 20.3 Å². The van der Waals surface area contributed by atoms with Gasteiger partial charge in [0.2, 0.25) is 0 Å². The number of carbonyl (C=O) groups excluding carboxylic acids is 1. The van der Waals surface area contributed by atoms with Crippen molar-refractivity contribution in [3.8, 4) is 28.4 Å². The zero-order chi connectivity index (χ0) is 20.9. The van der Waals surface area contributed by atoms with Gasteiger partial charge in [-0.05, 0) is 47.5 Å². The van der Waals surface area contributed by atoms with E-state index in [4.69, 9.17) is 4.74 Å². The fourth-order valence-electron chi connectivity index (χ4n) is 3.30. The smallest absolute Gasteiger partial charge is 0.454 e. The number of ether oxygens (including phenoxy) is 2. The number of nitrogens with one attached hydrogen (secondary N) is 2. The number of hydrogen-bond donors (Lipinski definition) is 2. The van der Waals surface area contributed by atoms with Crippen LogP contribution in [-0.4, -0.2) is 22.5 Å². The number of anilines is 1. The number of carbonyl (C=O) groups is 1. The first-order valence-electron chi connectivity index (χ1n) is 8.82. The van der Waals surface area contributed by atoms with E-state index >= 15 is 0 Å². The lowest BCUT2D eigenvalue weighted by Crippen LogP contribution is -2.17. The molecule has 1 amide bonds. The predicted octanol–water partition coefficient (Wildman–Crippen LogP) is 5.49. The summed E-state index contributed by atoms with van der Waals surface area (Å²) in [5.74, 6) is -0.447. The maximum absolute atomic E-state index is 12.8. The number of alkyl halides is 3. The molecule has 0 fully saturated rings. The highest BCUT2D eigenvalue weighted by atomic mass is 19.4. The molecular formula is C21H12F3N3O3. The third-order valence-electron chi connectivity index (χ3n) is 4.65. The Labute approximate surface area is 167 Å². The van der Waals surface area contributed by atoms with Gasteiger partial charge >= 0.3 is 6.36 Å². The number of aromatic amines is 1. The predicted molar refractivity (Wildman–Crippen MR) is 103 cm³/mol. The number of rotatable bonds is 2. The number of nitrogens with zero attached hydrogens (tertiary/aromatic N) is 1. The van der Waals surface area contributed by atoms with Crippen LogP contribution in [0.15, 0.2) is 60.8 Å². The summed E-state index contributed by atoms with van der Waals surface area (Å²) >= 11 is 0. The molecule has 3 aromatic carbocycles. The van der Waals surface area contributed by atoms with E-state index in [1.54, 1.807) is 24.4 Å². The van der Waals surface area contributed by atoms with Gasteiger partial charge in [-0.2, -0.15) is 5.10 Å². The van der Waals surface area contributed by atoms with Gasteiger partial charge in [-0.1, -0.05) is 12.1 Å². The van der Waals surface area contributed by atoms with Crippen molar-refractivity contribution in [3.63, 3.8) is 0 Å². The van der Waals surface area contributed by atoms with Crippen LogP contribution in [0.5, 0.6) is 17.2 Å². The van der Waals surface area contributed by atoms with Crippen molar-refractivity contribution in [1.29, 1.82) is 0 Å². The molecule has 0 spiro atoms. The summed E-state index contributed by atoms with van der Waals surface area (Å²) in [5, 5.41) is 10.4. The van der Waals surface area contributed by atoms with E-state index in [0.29, 0.717) is 5.75 Å². The molecule has 4 aromatic rings. The second-order valence-electron chi connectivity index (χ2n) is 6.64. The first kappa shape index (κ1) is 18.0. The summed E-state index contributed by atoms with van der Waals surface area (Å²) in [6.07, 6.45) is -3.13. The highest BCUT2D eigenvalue weighted by Gasteiger charge is 2.32. The topological polar surface area (TPSA) is 76.2 Å². The van der Waals surface area contributed by atoms with Crippen LogP contribution in [0.2, 0.25) is 0 Å². The van der Waals surface area contributed by atoms with Crippen LogP contribution in [0.1, 0.15) is 10.4 Å². The molecule has 150 valence electrons. The van der Waals surface area contributed by atoms with E-state index in [0.717, 1.165) is 34.2 Å². The third kappa shape index (κ3) is 3.30. The maximum atomic E-state index is 12.8. The molecule has 0 bridgehead atoms. The number of H-pyrrole nitrogens is 1. The Bertz CT molecular complexity index is 1300. The van der Waals surface area contributed by atoms with E-state index in [-0.39, 0.29) is 17.0 Å². The fraction of sp³-hybridized carbons (Fsp3) is 0.0476. The monoisotopic (exact) mass is 411 g/mol. The summed E-state index contributed by atoms with van der Waals surface area (Å²) in [6.45, 7) is 0. The van der Waals surface area contributed by atoms with Gasteiger partial charge in [0, 0.05) is 11.5 Å². The Morgan fingerprint density at radius 1 is 0.933 bits per heavy atom. The van der Waals surface area contributed by atoms with Gasteiger partial charge in [0.15, 0.2) is 5.75 Å². The van der Waals surface area contributed by atoms with Gasteiger partial charge in [-0.15, -0.1) is 13.2 Å². The van der Waals surface area contributed by atoms with E-state index in [9.17, 15) is 18.0 Å². The van der Waals surface area contributed by atoms with Crippen molar-refractivity contribution in [2.45, 2.75) is 6.36 Å². The Balaban J connectivity index is 1.50. The first-order chi connectivity index (χ1) is 14.4. The quantitative estimate of drug-likeness (QED) is 0.458. The van der Waals surface area contributed by atoms with Crippen molar-refractivity contribution in [2.24, 2.45) is 0 Å². The van der Waals surface area contributed by atoms with Crippen LogP contribution in [-0.2, 0) is 0 Å². The number of benzene rings is 3. The molecule has 0 radical (unpaired) electrons. The summed E-state index contributed by atoms with van der Waals surface area (Å²) < 4.78 is 47.1. The van der Waals surface area contributed by atoms with Gasteiger partial charge in [0.25, 0.3) is 5.91 Å². The molecular weight excluding hydrogens is 399 g/mol. The third-order valence-corrected chi connectivity index (χ3v) is 4.65. The van der Waals surface area contributed by atoms with Crippen LogP contribution >= 0.6 is 0 Å². The normalized spacial score (nSPS) is 13.1.